The molecule has 4 heteroatoms. The molecule has 3 atom stereocenters. The Bertz CT molecular complexity index is 404. The summed E-state index contributed by atoms with van der Waals surface area (Å²) in [6, 6.07) is 4.66. The maximum atomic E-state index is 12.3. The first-order valence-electron chi connectivity index (χ1n) is 7.16. The number of hydrogen-bond donors (Lipinski definition) is 1. The number of rotatable bonds is 3. The Kier molecular flexibility index (Phi) is 4.86. The van der Waals surface area contributed by atoms with Crippen molar-refractivity contribution in [2.75, 3.05) is 7.05 Å². The molecule has 0 aliphatic heterocycles. The third-order valence-electron chi connectivity index (χ3n) is 4.28. The second kappa shape index (κ2) is 6.42. The van der Waals surface area contributed by atoms with Crippen molar-refractivity contribution >= 4 is 17.4 Å². The van der Waals surface area contributed by atoms with Crippen LogP contribution in [-0.2, 0) is 0 Å². The molecule has 2 amide bonds. The Morgan fingerprint density at radius 1 is 1.47 bits per heavy atom. The highest BCUT2D eigenvalue weighted by molar-refractivity contribution is 7.10. The van der Waals surface area contributed by atoms with Crippen molar-refractivity contribution in [3.05, 3.63) is 22.4 Å². The largest absolute Gasteiger partial charge is 0.335 e. The monoisotopic (exact) mass is 280 g/mol. The van der Waals surface area contributed by atoms with Crippen LogP contribution in [0.3, 0.4) is 0 Å². The number of thiophene rings is 1. The summed E-state index contributed by atoms with van der Waals surface area (Å²) in [7, 11) is 1.88. The van der Waals surface area contributed by atoms with Gasteiger partial charge in [-0.3, -0.25) is 0 Å². The van der Waals surface area contributed by atoms with Crippen molar-refractivity contribution in [2.45, 2.75) is 51.6 Å². The van der Waals surface area contributed by atoms with Crippen LogP contribution < -0.4 is 5.32 Å². The molecule has 19 heavy (non-hydrogen) atoms. The van der Waals surface area contributed by atoms with Crippen LogP contribution in [0.1, 0.15) is 50.4 Å². The predicted molar refractivity (Wildman–Crippen MR) is 80.4 cm³/mol. The van der Waals surface area contributed by atoms with E-state index in [9.17, 15) is 4.79 Å². The number of nitrogens with one attached hydrogen (secondary N) is 1. The fourth-order valence-corrected chi connectivity index (χ4v) is 3.51. The number of carbonyl (C=O) groups excluding carboxylic acids is 1. The Balaban J connectivity index is 1.91. The zero-order valence-corrected chi connectivity index (χ0v) is 12.9. The highest BCUT2D eigenvalue weighted by Crippen LogP contribution is 2.26. The third-order valence-corrected chi connectivity index (χ3v) is 5.32. The fourth-order valence-electron chi connectivity index (χ4n) is 2.69. The van der Waals surface area contributed by atoms with Gasteiger partial charge in [-0.05, 0) is 37.1 Å². The van der Waals surface area contributed by atoms with Gasteiger partial charge in [0.2, 0.25) is 0 Å². The second-order valence-corrected chi connectivity index (χ2v) is 6.60. The Labute approximate surface area is 120 Å². The molecule has 3 unspecified atom stereocenters. The van der Waals surface area contributed by atoms with E-state index in [1.807, 2.05) is 18.0 Å². The van der Waals surface area contributed by atoms with Gasteiger partial charge >= 0.3 is 6.03 Å². The molecule has 1 saturated carbocycles. The van der Waals surface area contributed by atoms with Crippen molar-refractivity contribution < 1.29 is 4.79 Å². The van der Waals surface area contributed by atoms with Gasteiger partial charge in [0.05, 0.1) is 6.04 Å². The van der Waals surface area contributed by atoms with Gasteiger partial charge in [0.15, 0.2) is 0 Å². The standard InChI is InChI=1S/C15H24N2OS/c1-11-7-4-5-8-13(11)16-15(18)17(3)12(2)14-9-6-10-19-14/h6,9-13H,4-5,7-8H2,1-3H3,(H,16,18). The minimum Gasteiger partial charge on any atom is -0.335 e. The van der Waals surface area contributed by atoms with Gasteiger partial charge in [-0.2, -0.15) is 0 Å². The van der Waals surface area contributed by atoms with E-state index >= 15 is 0 Å². The van der Waals surface area contributed by atoms with Gasteiger partial charge in [-0.1, -0.05) is 25.8 Å². The molecule has 0 aromatic carbocycles. The van der Waals surface area contributed by atoms with Gasteiger partial charge in [0.25, 0.3) is 0 Å². The lowest BCUT2D eigenvalue weighted by molar-refractivity contribution is 0.180. The normalized spacial score (nSPS) is 24.8. The lowest BCUT2D eigenvalue weighted by Crippen LogP contribution is -2.47. The summed E-state index contributed by atoms with van der Waals surface area (Å²) in [4.78, 5) is 15.4. The zero-order chi connectivity index (χ0) is 13.8. The van der Waals surface area contributed by atoms with Crippen molar-refractivity contribution in [2.24, 2.45) is 5.92 Å². The SMILES string of the molecule is CC1CCCCC1NC(=O)N(C)C(C)c1cccs1. The summed E-state index contributed by atoms with van der Waals surface area (Å²) in [6.45, 7) is 4.32. The maximum absolute atomic E-state index is 12.3. The van der Waals surface area contributed by atoms with E-state index in [0.717, 1.165) is 6.42 Å². The number of nitrogens with zero attached hydrogens (tertiary/aromatic N) is 1. The lowest BCUT2D eigenvalue weighted by atomic mass is 9.86. The van der Waals surface area contributed by atoms with Crippen LogP contribution >= 0.6 is 11.3 Å². The van der Waals surface area contributed by atoms with E-state index in [-0.39, 0.29) is 12.1 Å². The van der Waals surface area contributed by atoms with Gasteiger partial charge in [-0.25, -0.2) is 4.79 Å². The van der Waals surface area contributed by atoms with Crippen LogP contribution in [0, 0.1) is 5.92 Å². The summed E-state index contributed by atoms with van der Waals surface area (Å²) < 4.78 is 0. The molecule has 0 radical (unpaired) electrons. The third kappa shape index (κ3) is 3.50. The molecule has 106 valence electrons. The van der Waals surface area contributed by atoms with Crippen LogP contribution in [0.2, 0.25) is 0 Å². The summed E-state index contributed by atoms with van der Waals surface area (Å²) in [6.07, 6.45) is 4.89. The molecule has 0 bridgehead atoms. The average Bonchev–Trinajstić information content (AvgIpc) is 2.93. The van der Waals surface area contributed by atoms with Crippen LogP contribution in [0.5, 0.6) is 0 Å². The molecule has 0 spiro atoms. The van der Waals surface area contributed by atoms with Crippen LogP contribution in [0.25, 0.3) is 0 Å². The van der Waals surface area contributed by atoms with E-state index in [0.29, 0.717) is 12.0 Å². The molecule has 1 heterocycles. The number of urea groups is 1. The van der Waals surface area contributed by atoms with Crippen LogP contribution in [-0.4, -0.2) is 24.0 Å². The summed E-state index contributed by atoms with van der Waals surface area (Å²) in [5, 5.41) is 5.26. The van der Waals surface area contributed by atoms with Gasteiger partial charge in [0, 0.05) is 18.0 Å². The van der Waals surface area contributed by atoms with E-state index in [4.69, 9.17) is 0 Å². The minimum absolute atomic E-state index is 0.0552. The number of hydrogen-bond acceptors (Lipinski definition) is 2. The molecule has 1 aliphatic carbocycles. The number of carbonyl (C=O) groups is 1. The van der Waals surface area contributed by atoms with Gasteiger partial charge in [-0.15, -0.1) is 11.3 Å². The highest BCUT2D eigenvalue weighted by atomic mass is 32.1. The first-order valence-corrected chi connectivity index (χ1v) is 8.04. The molecule has 1 fully saturated rings. The Hall–Kier alpha value is -1.03. The molecule has 1 aromatic heterocycles. The van der Waals surface area contributed by atoms with E-state index in [1.54, 1.807) is 11.3 Å². The molecule has 1 N–H and O–H groups in total. The number of amides is 2. The van der Waals surface area contributed by atoms with Crippen molar-refractivity contribution in [3.8, 4) is 0 Å². The first kappa shape index (κ1) is 14.4. The maximum Gasteiger partial charge on any atom is 0.317 e. The molecular weight excluding hydrogens is 256 g/mol. The van der Waals surface area contributed by atoms with E-state index in [1.165, 1.54) is 24.1 Å². The van der Waals surface area contributed by atoms with Crippen LogP contribution in [0.15, 0.2) is 17.5 Å². The Morgan fingerprint density at radius 3 is 2.84 bits per heavy atom. The smallest absolute Gasteiger partial charge is 0.317 e. The van der Waals surface area contributed by atoms with Crippen molar-refractivity contribution in [1.29, 1.82) is 0 Å². The lowest BCUT2D eigenvalue weighted by Gasteiger charge is -2.32. The molecule has 2 rings (SSSR count). The van der Waals surface area contributed by atoms with Crippen LogP contribution in [0.4, 0.5) is 4.79 Å². The van der Waals surface area contributed by atoms with Crippen molar-refractivity contribution in [3.63, 3.8) is 0 Å². The molecule has 1 aliphatic rings. The average molecular weight is 280 g/mol. The molecule has 0 saturated heterocycles. The van der Waals surface area contributed by atoms with Gasteiger partial charge < -0.3 is 10.2 Å². The first-order chi connectivity index (χ1) is 9.09. The zero-order valence-electron chi connectivity index (χ0n) is 12.1. The topological polar surface area (TPSA) is 32.3 Å². The summed E-state index contributed by atoms with van der Waals surface area (Å²) >= 11 is 1.70. The predicted octanol–water partition coefficient (Wildman–Crippen LogP) is 4.03. The highest BCUT2D eigenvalue weighted by Gasteiger charge is 2.25. The Morgan fingerprint density at radius 2 is 2.21 bits per heavy atom. The quantitative estimate of drug-likeness (QED) is 0.890. The molecule has 1 aromatic rings. The van der Waals surface area contributed by atoms with Gasteiger partial charge in [0.1, 0.15) is 0 Å². The van der Waals surface area contributed by atoms with Crippen molar-refractivity contribution in [1.82, 2.24) is 10.2 Å². The van der Waals surface area contributed by atoms with E-state index in [2.05, 4.69) is 30.6 Å². The summed E-state index contributed by atoms with van der Waals surface area (Å²) in [5.41, 5.74) is 0. The minimum atomic E-state index is 0.0552. The molecular formula is C15H24N2OS. The second-order valence-electron chi connectivity index (χ2n) is 5.62. The summed E-state index contributed by atoms with van der Waals surface area (Å²) in [5.74, 6) is 0.600. The van der Waals surface area contributed by atoms with E-state index < -0.39 is 0 Å². The molecule has 3 nitrogen and oxygen atoms in total. The fraction of sp³-hybridized carbons (Fsp3) is 0.667.